The predicted octanol–water partition coefficient (Wildman–Crippen LogP) is 0.672. The minimum atomic E-state index is -3.77. The summed E-state index contributed by atoms with van der Waals surface area (Å²) in [6, 6.07) is 4.82. The lowest BCUT2D eigenvalue weighted by Gasteiger charge is -2.20. The smallest absolute Gasteiger partial charge is 0.233 e. The van der Waals surface area contributed by atoms with Gasteiger partial charge in [0.2, 0.25) is 5.91 Å². The summed E-state index contributed by atoms with van der Waals surface area (Å²) in [7, 11) is -2.37. The Hall–Kier alpha value is -1.80. The number of rotatable bonds is 8. The van der Waals surface area contributed by atoms with Gasteiger partial charge in [0.15, 0.2) is 9.84 Å². The van der Waals surface area contributed by atoms with Gasteiger partial charge in [-0.25, -0.2) is 12.8 Å². The molecule has 0 aliphatic heterocycles. The van der Waals surface area contributed by atoms with Gasteiger partial charge in [0.05, 0.1) is 4.90 Å². The van der Waals surface area contributed by atoms with Gasteiger partial charge in [-0.3, -0.25) is 9.79 Å². The van der Waals surface area contributed by atoms with E-state index in [9.17, 15) is 17.6 Å². The number of methoxy groups -OCH3 is 1. The van der Waals surface area contributed by atoms with E-state index in [1.54, 1.807) is 0 Å². The molecule has 1 rings (SSSR count). The number of hydrogen-bond acceptors (Lipinski definition) is 5. The number of ether oxygens (including phenoxy) is 1. The van der Waals surface area contributed by atoms with Crippen molar-refractivity contribution in [2.45, 2.75) is 17.0 Å². The highest BCUT2D eigenvalue weighted by atomic mass is 32.2. The summed E-state index contributed by atoms with van der Waals surface area (Å²) < 4.78 is 41.6. The van der Waals surface area contributed by atoms with Crippen molar-refractivity contribution < 1.29 is 22.3 Å². The van der Waals surface area contributed by atoms with Crippen LogP contribution < -0.4 is 5.73 Å². The first-order chi connectivity index (χ1) is 9.85. The molecule has 2 N–H and O–H groups in total. The van der Waals surface area contributed by atoms with Gasteiger partial charge in [-0.15, -0.1) is 0 Å². The zero-order valence-corrected chi connectivity index (χ0v) is 12.3. The Kier molecular flexibility index (Phi) is 5.98. The first kappa shape index (κ1) is 17.3. The first-order valence-electron chi connectivity index (χ1n) is 6.01. The fourth-order valence-corrected chi connectivity index (χ4v) is 2.97. The Balaban J connectivity index is 3.06. The van der Waals surface area contributed by atoms with Gasteiger partial charge in [-0.2, -0.15) is 0 Å². The lowest BCUT2D eigenvalue weighted by atomic mass is 10.0. The van der Waals surface area contributed by atoms with Crippen molar-refractivity contribution in [3.8, 4) is 0 Å². The molecule has 0 unspecified atom stereocenters. The van der Waals surface area contributed by atoms with Crippen LogP contribution in [0.3, 0.4) is 0 Å². The molecule has 0 aliphatic carbocycles. The van der Waals surface area contributed by atoms with E-state index in [-0.39, 0.29) is 4.90 Å². The molecule has 0 heterocycles. The number of benzene rings is 1. The Bertz CT molecular complexity index is 601. The van der Waals surface area contributed by atoms with Crippen LogP contribution in [0.5, 0.6) is 0 Å². The van der Waals surface area contributed by atoms with Gasteiger partial charge in [-0.05, 0) is 24.4 Å². The highest BCUT2D eigenvalue weighted by Gasteiger charge is 2.23. The highest BCUT2D eigenvalue weighted by Crippen LogP contribution is 2.24. The fraction of sp³-hybridized carbons (Fsp3) is 0.385. The Morgan fingerprint density at radius 3 is 2.38 bits per heavy atom. The van der Waals surface area contributed by atoms with Crippen LogP contribution in [0.4, 0.5) is 4.39 Å². The molecule has 2 atom stereocenters. The third-order valence-electron chi connectivity index (χ3n) is 2.90. The molecular formula is C13H17FN2O4S. The summed E-state index contributed by atoms with van der Waals surface area (Å²) >= 11 is 0. The number of carbonyl (C=O) groups is 1. The maximum Gasteiger partial charge on any atom is 0.233 e. The summed E-state index contributed by atoms with van der Waals surface area (Å²) in [5.41, 5.74) is 5.45. The Morgan fingerprint density at radius 2 is 2.00 bits per heavy atom. The quantitative estimate of drug-likeness (QED) is 0.713. The SMILES string of the molecule is C=N[C@H](CF)[C@H](OC)c1ccc(S(=O)(=O)CC(N)=O)cc1. The molecule has 0 aromatic heterocycles. The molecule has 6 nitrogen and oxygen atoms in total. The predicted molar refractivity (Wildman–Crippen MR) is 76.8 cm³/mol. The van der Waals surface area contributed by atoms with Gasteiger partial charge in [-0.1, -0.05) is 12.1 Å². The molecule has 8 heteroatoms. The molecule has 1 aromatic rings. The number of amides is 1. The average molecular weight is 316 g/mol. The van der Waals surface area contributed by atoms with E-state index in [2.05, 4.69) is 11.7 Å². The van der Waals surface area contributed by atoms with Crippen molar-refractivity contribution >= 4 is 22.5 Å². The number of sulfone groups is 1. The second-order valence-electron chi connectivity index (χ2n) is 4.35. The molecule has 1 aromatic carbocycles. The topological polar surface area (TPSA) is 98.8 Å². The van der Waals surface area contributed by atoms with Crippen LogP contribution in [-0.2, 0) is 19.4 Å². The van der Waals surface area contributed by atoms with Gasteiger partial charge in [0.25, 0.3) is 0 Å². The van der Waals surface area contributed by atoms with Crippen LogP contribution in [0.25, 0.3) is 0 Å². The van der Waals surface area contributed by atoms with E-state index in [1.807, 2.05) is 0 Å². The van der Waals surface area contributed by atoms with Crippen molar-refractivity contribution in [2.24, 2.45) is 10.7 Å². The van der Waals surface area contributed by atoms with E-state index < -0.39 is 40.3 Å². The van der Waals surface area contributed by atoms with E-state index >= 15 is 0 Å². The zero-order chi connectivity index (χ0) is 16.0. The Morgan fingerprint density at radius 1 is 1.43 bits per heavy atom. The monoisotopic (exact) mass is 316 g/mol. The van der Waals surface area contributed by atoms with E-state index in [4.69, 9.17) is 10.5 Å². The number of primary amides is 1. The number of carbonyl (C=O) groups excluding carboxylic acids is 1. The third kappa shape index (κ3) is 4.33. The number of halogens is 1. The van der Waals surface area contributed by atoms with Crippen LogP contribution in [0.15, 0.2) is 34.2 Å². The van der Waals surface area contributed by atoms with Crippen molar-refractivity contribution in [1.82, 2.24) is 0 Å². The van der Waals surface area contributed by atoms with Gasteiger partial charge in [0, 0.05) is 7.11 Å². The zero-order valence-electron chi connectivity index (χ0n) is 11.5. The number of aliphatic imine (C=N–C) groups is 1. The molecule has 1 amide bonds. The molecule has 0 radical (unpaired) electrons. The van der Waals surface area contributed by atoms with Gasteiger partial charge < -0.3 is 10.5 Å². The maximum atomic E-state index is 12.8. The molecule has 0 bridgehead atoms. The summed E-state index contributed by atoms with van der Waals surface area (Å²) in [5.74, 6) is -1.69. The van der Waals surface area contributed by atoms with Crippen LogP contribution in [0.1, 0.15) is 11.7 Å². The molecule has 0 saturated carbocycles. The normalized spacial score (nSPS) is 14.4. The van der Waals surface area contributed by atoms with Gasteiger partial charge >= 0.3 is 0 Å². The number of nitrogens with two attached hydrogens (primary N) is 1. The summed E-state index contributed by atoms with van der Waals surface area (Å²) in [5, 5.41) is 0. The number of nitrogens with zero attached hydrogens (tertiary/aromatic N) is 1. The minimum absolute atomic E-state index is 0.0386. The first-order valence-corrected chi connectivity index (χ1v) is 7.66. The lowest BCUT2D eigenvalue weighted by Crippen LogP contribution is -2.23. The van der Waals surface area contributed by atoms with Crippen molar-refractivity contribution in [3.05, 3.63) is 29.8 Å². The molecular weight excluding hydrogens is 299 g/mol. The van der Waals surface area contributed by atoms with Crippen LogP contribution in [0, 0.1) is 0 Å². The van der Waals surface area contributed by atoms with Crippen LogP contribution in [0.2, 0.25) is 0 Å². The van der Waals surface area contributed by atoms with E-state index in [0.717, 1.165) is 0 Å². The number of alkyl halides is 1. The lowest BCUT2D eigenvalue weighted by molar-refractivity contribution is -0.115. The second-order valence-corrected chi connectivity index (χ2v) is 6.34. The molecule has 21 heavy (non-hydrogen) atoms. The molecule has 0 spiro atoms. The maximum absolute atomic E-state index is 12.8. The molecule has 0 aliphatic rings. The molecule has 116 valence electrons. The van der Waals surface area contributed by atoms with Crippen molar-refractivity contribution in [1.29, 1.82) is 0 Å². The fourth-order valence-electron chi connectivity index (χ4n) is 1.88. The van der Waals surface area contributed by atoms with E-state index in [0.29, 0.717) is 5.56 Å². The Labute approximate surface area is 122 Å². The third-order valence-corrected chi connectivity index (χ3v) is 4.55. The standard InChI is InChI=1S/C13H17FN2O4S/c1-16-11(7-14)13(20-2)9-3-5-10(6-4-9)21(18,19)8-12(15)17/h3-6,11,13H,1,7-8H2,2H3,(H2,15,17)/t11-,13-/m1/s1. The number of hydrogen-bond donors (Lipinski definition) is 1. The molecule has 0 fully saturated rings. The summed E-state index contributed by atoms with van der Waals surface area (Å²) in [6.45, 7) is 2.55. The van der Waals surface area contributed by atoms with Crippen molar-refractivity contribution in [3.63, 3.8) is 0 Å². The highest BCUT2D eigenvalue weighted by molar-refractivity contribution is 7.92. The minimum Gasteiger partial charge on any atom is -0.374 e. The summed E-state index contributed by atoms with van der Waals surface area (Å²) in [4.78, 5) is 14.3. The largest absolute Gasteiger partial charge is 0.374 e. The van der Waals surface area contributed by atoms with Crippen LogP contribution in [-0.4, -0.2) is 46.6 Å². The van der Waals surface area contributed by atoms with Crippen LogP contribution >= 0.6 is 0 Å². The average Bonchev–Trinajstić information content (AvgIpc) is 2.43. The van der Waals surface area contributed by atoms with Gasteiger partial charge in [0.1, 0.15) is 24.6 Å². The second kappa shape index (κ2) is 7.28. The van der Waals surface area contributed by atoms with Crippen molar-refractivity contribution in [2.75, 3.05) is 19.5 Å². The molecule has 0 saturated heterocycles. The summed E-state index contributed by atoms with van der Waals surface area (Å²) in [6.07, 6.45) is -0.666. The van der Waals surface area contributed by atoms with E-state index in [1.165, 1.54) is 31.4 Å².